The lowest BCUT2D eigenvalue weighted by Gasteiger charge is -2.28. The highest BCUT2D eigenvalue weighted by Crippen LogP contribution is 2.15. The van der Waals surface area contributed by atoms with Gasteiger partial charge >= 0.3 is 0 Å². The van der Waals surface area contributed by atoms with Crippen LogP contribution in [0.3, 0.4) is 0 Å². The summed E-state index contributed by atoms with van der Waals surface area (Å²) in [6.07, 6.45) is 0.913. The standard InChI is InChI=1S/C11H25NO2/c1-10(2,13-6)7-8-14-11(3,4)9-12-5/h12H,7-9H2,1-6H3. The fourth-order valence-corrected chi connectivity index (χ4v) is 1.15. The van der Waals surface area contributed by atoms with E-state index in [1.54, 1.807) is 7.11 Å². The molecule has 0 saturated heterocycles. The first kappa shape index (κ1) is 13.9. The summed E-state index contributed by atoms with van der Waals surface area (Å²) < 4.78 is 11.1. The summed E-state index contributed by atoms with van der Waals surface area (Å²) >= 11 is 0. The normalized spacial score (nSPS) is 13.3. The molecule has 14 heavy (non-hydrogen) atoms. The van der Waals surface area contributed by atoms with Gasteiger partial charge in [0, 0.05) is 13.7 Å². The fraction of sp³-hybridized carbons (Fsp3) is 1.00. The Kier molecular flexibility index (Phi) is 5.64. The van der Waals surface area contributed by atoms with Gasteiger partial charge in [0.1, 0.15) is 0 Å². The van der Waals surface area contributed by atoms with Crippen molar-refractivity contribution in [3.05, 3.63) is 0 Å². The first-order chi connectivity index (χ1) is 6.33. The van der Waals surface area contributed by atoms with Crippen LogP contribution in [0.2, 0.25) is 0 Å². The predicted molar refractivity (Wildman–Crippen MR) is 59.7 cm³/mol. The van der Waals surface area contributed by atoms with Crippen molar-refractivity contribution in [1.82, 2.24) is 5.32 Å². The molecule has 0 aliphatic heterocycles. The second-order valence-corrected chi connectivity index (χ2v) is 4.85. The van der Waals surface area contributed by atoms with Crippen LogP contribution in [0.15, 0.2) is 0 Å². The van der Waals surface area contributed by atoms with Gasteiger partial charge in [-0.15, -0.1) is 0 Å². The van der Waals surface area contributed by atoms with Gasteiger partial charge in [0.2, 0.25) is 0 Å². The zero-order chi connectivity index (χ0) is 11.2. The van der Waals surface area contributed by atoms with Gasteiger partial charge in [0.25, 0.3) is 0 Å². The summed E-state index contributed by atoms with van der Waals surface area (Å²) in [4.78, 5) is 0. The number of methoxy groups -OCH3 is 1. The molecule has 0 spiro atoms. The minimum atomic E-state index is -0.0986. The maximum atomic E-state index is 5.77. The summed E-state index contributed by atoms with van der Waals surface area (Å²) in [6.45, 7) is 9.91. The van der Waals surface area contributed by atoms with Gasteiger partial charge in [-0.3, -0.25) is 0 Å². The van der Waals surface area contributed by atoms with E-state index in [9.17, 15) is 0 Å². The Bertz CT molecular complexity index is 155. The first-order valence-electron chi connectivity index (χ1n) is 5.17. The molecule has 0 bridgehead atoms. The SMILES string of the molecule is CNCC(C)(C)OCCC(C)(C)OC. The molecule has 3 nitrogen and oxygen atoms in total. The van der Waals surface area contributed by atoms with Crippen LogP contribution in [0.4, 0.5) is 0 Å². The summed E-state index contributed by atoms with van der Waals surface area (Å²) in [5.41, 5.74) is -0.186. The molecule has 0 atom stereocenters. The highest BCUT2D eigenvalue weighted by molar-refractivity contribution is 4.73. The van der Waals surface area contributed by atoms with Crippen molar-refractivity contribution in [2.24, 2.45) is 0 Å². The van der Waals surface area contributed by atoms with Crippen LogP contribution in [-0.4, -0.2) is 38.5 Å². The van der Waals surface area contributed by atoms with Crippen molar-refractivity contribution in [3.63, 3.8) is 0 Å². The molecule has 0 rings (SSSR count). The molecular weight excluding hydrogens is 178 g/mol. The summed E-state index contributed by atoms with van der Waals surface area (Å²) in [6, 6.07) is 0. The summed E-state index contributed by atoms with van der Waals surface area (Å²) in [5, 5.41) is 3.11. The molecule has 0 aromatic heterocycles. The van der Waals surface area contributed by atoms with Gasteiger partial charge in [-0.25, -0.2) is 0 Å². The summed E-state index contributed by atoms with van der Waals surface area (Å²) in [5.74, 6) is 0. The van der Waals surface area contributed by atoms with E-state index < -0.39 is 0 Å². The lowest BCUT2D eigenvalue weighted by molar-refractivity contribution is -0.0562. The van der Waals surface area contributed by atoms with Crippen molar-refractivity contribution in [2.75, 3.05) is 27.3 Å². The van der Waals surface area contributed by atoms with Crippen molar-refractivity contribution in [3.8, 4) is 0 Å². The van der Waals surface area contributed by atoms with Crippen LogP contribution in [0.1, 0.15) is 34.1 Å². The maximum Gasteiger partial charge on any atom is 0.0750 e. The van der Waals surface area contributed by atoms with Crippen molar-refractivity contribution < 1.29 is 9.47 Å². The van der Waals surface area contributed by atoms with E-state index in [4.69, 9.17) is 9.47 Å². The lowest BCUT2D eigenvalue weighted by Crippen LogP contribution is -2.37. The molecule has 0 amide bonds. The van der Waals surface area contributed by atoms with E-state index in [1.807, 2.05) is 7.05 Å². The molecule has 0 fully saturated rings. The average molecular weight is 203 g/mol. The van der Waals surface area contributed by atoms with Gasteiger partial charge < -0.3 is 14.8 Å². The Morgan fingerprint density at radius 1 is 1.07 bits per heavy atom. The largest absolute Gasteiger partial charge is 0.379 e. The molecule has 0 aliphatic carbocycles. The Labute approximate surface area is 88.2 Å². The molecule has 0 saturated carbocycles. The highest BCUT2D eigenvalue weighted by Gasteiger charge is 2.20. The molecule has 0 aromatic rings. The number of ether oxygens (including phenoxy) is 2. The third-order valence-electron chi connectivity index (χ3n) is 2.35. The molecule has 0 radical (unpaired) electrons. The second-order valence-electron chi connectivity index (χ2n) is 4.85. The van der Waals surface area contributed by atoms with Crippen molar-refractivity contribution in [2.45, 2.75) is 45.3 Å². The Morgan fingerprint density at radius 2 is 1.64 bits per heavy atom. The Balaban J connectivity index is 3.73. The van der Waals surface area contributed by atoms with Gasteiger partial charge in [-0.2, -0.15) is 0 Å². The zero-order valence-corrected chi connectivity index (χ0v) is 10.4. The number of hydrogen-bond donors (Lipinski definition) is 1. The van der Waals surface area contributed by atoms with E-state index in [0.717, 1.165) is 19.6 Å². The van der Waals surface area contributed by atoms with Crippen molar-refractivity contribution >= 4 is 0 Å². The third-order valence-corrected chi connectivity index (χ3v) is 2.35. The van der Waals surface area contributed by atoms with E-state index in [-0.39, 0.29) is 11.2 Å². The van der Waals surface area contributed by atoms with Crippen LogP contribution in [0.5, 0.6) is 0 Å². The van der Waals surface area contributed by atoms with Gasteiger partial charge in [-0.05, 0) is 41.2 Å². The molecule has 86 valence electrons. The van der Waals surface area contributed by atoms with Crippen LogP contribution >= 0.6 is 0 Å². The van der Waals surface area contributed by atoms with Gasteiger partial charge in [0.15, 0.2) is 0 Å². The average Bonchev–Trinajstić information content (AvgIpc) is 2.03. The summed E-state index contributed by atoms with van der Waals surface area (Å²) in [7, 11) is 3.67. The molecule has 3 heteroatoms. The molecular formula is C11H25NO2. The minimum Gasteiger partial charge on any atom is -0.379 e. The molecule has 0 heterocycles. The van der Waals surface area contributed by atoms with Gasteiger partial charge in [-0.1, -0.05) is 0 Å². The quantitative estimate of drug-likeness (QED) is 0.684. The monoisotopic (exact) mass is 203 g/mol. The molecule has 0 unspecified atom stereocenters. The number of rotatable bonds is 7. The number of hydrogen-bond acceptors (Lipinski definition) is 3. The van der Waals surface area contributed by atoms with Crippen LogP contribution < -0.4 is 5.32 Å². The third kappa shape index (κ3) is 6.35. The van der Waals surface area contributed by atoms with E-state index in [1.165, 1.54) is 0 Å². The Hall–Kier alpha value is -0.120. The first-order valence-corrected chi connectivity index (χ1v) is 5.17. The smallest absolute Gasteiger partial charge is 0.0750 e. The van der Waals surface area contributed by atoms with Crippen LogP contribution in [0, 0.1) is 0 Å². The molecule has 0 aliphatic rings. The van der Waals surface area contributed by atoms with E-state index in [0.29, 0.717) is 0 Å². The number of nitrogens with one attached hydrogen (secondary N) is 1. The van der Waals surface area contributed by atoms with Gasteiger partial charge in [0.05, 0.1) is 17.8 Å². The lowest BCUT2D eigenvalue weighted by atomic mass is 10.1. The van der Waals surface area contributed by atoms with Crippen LogP contribution in [0.25, 0.3) is 0 Å². The highest BCUT2D eigenvalue weighted by atomic mass is 16.5. The topological polar surface area (TPSA) is 30.5 Å². The number of likely N-dealkylation sites (N-methyl/N-ethyl adjacent to an activating group) is 1. The molecule has 1 N–H and O–H groups in total. The Morgan fingerprint density at radius 3 is 2.07 bits per heavy atom. The van der Waals surface area contributed by atoms with E-state index >= 15 is 0 Å². The minimum absolute atomic E-state index is 0.0876. The molecule has 0 aromatic carbocycles. The fourth-order valence-electron chi connectivity index (χ4n) is 1.15. The van der Waals surface area contributed by atoms with E-state index in [2.05, 4.69) is 33.0 Å². The predicted octanol–water partition coefficient (Wildman–Crippen LogP) is 1.82. The maximum absolute atomic E-state index is 5.77. The van der Waals surface area contributed by atoms with Crippen LogP contribution in [-0.2, 0) is 9.47 Å². The zero-order valence-electron chi connectivity index (χ0n) is 10.4. The second kappa shape index (κ2) is 5.69. The van der Waals surface area contributed by atoms with Crippen molar-refractivity contribution in [1.29, 1.82) is 0 Å².